The maximum atomic E-state index is 8.59. The molecular formula is C12H17N3. The van der Waals surface area contributed by atoms with Crippen molar-refractivity contribution >= 4 is 0 Å². The second-order valence-corrected chi connectivity index (χ2v) is 3.56. The number of nitrogens with one attached hydrogen (secondary N) is 1. The van der Waals surface area contributed by atoms with Gasteiger partial charge in [0, 0.05) is 18.8 Å². The van der Waals surface area contributed by atoms with E-state index in [2.05, 4.69) is 24.1 Å². The van der Waals surface area contributed by atoms with Crippen LogP contribution in [0.25, 0.3) is 0 Å². The first-order chi connectivity index (χ1) is 7.30. The van der Waals surface area contributed by atoms with Gasteiger partial charge in [0.05, 0.1) is 0 Å². The van der Waals surface area contributed by atoms with Gasteiger partial charge in [-0.15, -0.1) is 0 Å². The summed E-state index contributed by atoms with van der Waals surface area (Å²) in [7, 11) is 0. The summed E-state index contributed by atoms with van der Waals surface area (Å²) in [6, 6.07) is 6.28. The molecule has 0 saturated carbocycles. The molecule has 0 saturated heterocycles. The van der Waals surface area contributed by atoms with Crippen molar-refractivity contribution in [3.8, 4) is 6.07 Å². The van der Waals surface area contributed by atoms with Gasteiger partial charge in [-0.3, -0.25) is 0 Å². The van der Waals surface area contributed by atoms with E-state index in [-0.39, 0.29) is 0 Å². The summed E-state index contributed by atoms with van der Waals surface area (Å²) in [5.41, 5.74) is 1.60. The Balaban J connectivity index is 2.48. The molecule has 1 rings (SSSR count). The van der Waals surface area contributed by atoms with Crippen LogP contribution in [-0.2, 0) is 6.54 Å². The quantitative estimate of drug-likeness (QED) is 0.798. The highest BCUT2D eigenvalue weighted by molar-refractivity contribution is 5.22. The molecule has 0 radical (unpaired) electrons. The van der Waals surface area contributed by atoms with E-state index in [1.165, 1.54) is 0 Å². The van der Waals surface area contributed by atoms with Crippen LogP contribution in [0.1, 0.15) is 37.9 Å². The zero-order valence-electron chi connectivity index (χ0n) is 9.33. The van der Waals surface area contributed by atoms with E-state index in [1.807, 2.05) is 12.1 Å². The van der Waals surface area contributed by atoms with Gasteiger partial charge in [0.2, 0.25) is 0 Å². The summed E-state index contributed by atoms with van der Waals surface area (Å²) < 4.78 is 0. The lowest BCUT2D eigenvalue weighted by Crippen LogP contribution is -2.27. The van der Waals surface area contributed by atoms with E-state index in [9.17, 15) is 0 Å². The van der Waals surface area contributed by atoms with Crippen molar-refractivity contribution in [2.45, 2.75) is 39.3 Å². The van der Waals surface area contributed by atoms with Crippen molar-refractivity contribution in [2.75, 3.05) is 0 Å². The highest BCUT2D eigenvalue weighted by atomic mass is 14.9. The van der Waals surface area contributed by atoms with Crippen LogP contribution in [0.5, 0.6) is 0 Å². The predicted molar refractivity (Wildman–Crippen MR) is 60.2 cm³/mol. The lowest BCUT2D eigenvalue weighted by atomic mass is 10.1. The van der Waals surface area contributed by atoms with Crippen LogP contribution in [0.15, 0.2) is 18.3 Å². The normalized spacial score (nSPS) is 10.3. The van der Waals surface area contributed by atoms with E-state index in [0.717, 1.165) is 24.9 Å². The largest absolute Gasteiger partial charge is 0.310 e. The third kappa shape index (κ3) is 3.69. The van der Waals surface area contributed by atoms with Gasteiger partial charge in [-0.1, -0.05) is 19.9 Å². The lowest BCUT2D eigenvalue weighted by molar-refractivity contribution is 0.484. The number of rotatable bonds is 5. The fraction of sp³-hybridized carbons (Fsp3) is 0.500. The van der Waals surface area contributed by atoms with Gasteiger partial charge in [-0.2, -0.15) is 5.26 Å². The molecule has 0 atom stereocenters. The maximum Gasteiger partial charge on any atom is 0.140 e. The minimum Gasteiger partial charge on any atom is -0.310 e. The highest BCUT2D eigenvalue weighted by Crippen LogP contribution is 2.02. The van der Waals surface area contributed by atoms with Crippen LogP contribution in [-0.4, -0.2) is 11.0 Å². The third-order valence-corrected chi connectivity index (χ3v) is 2.52. The van der Waals surface area contributed by atoms with Gasteiger partial charge >= 0.3 is 0 Å². The van der Waals surface area contributed by atoms with Crippen molar-refractivity contribution in [3.63, 3.8) is 0 Å². The Hall–Kier alpha value is -1.40. The molecule has 0 unspecified atom stereocenters. The Morgan fingerprint density at radius 3 is 2.60 bits per heavy atom. The second kappa shape index (κ2) is 6.15. The van der Waals surface area contributed by atoms with Gasteiger partial charge in [-0.25, -0.2) is 4.98 Å². The molecule has 0 spiro atoms. The summed E-state index contributed by atoms with van der Waals surface area (Å²) in [6.45, 7) is 5.18. The summed E-state index contributed by atoms with van der Waals surface area (Å²) in [5, 5.41) is 12.0. The molecule has 1 aromatic heterocycles. The minimum atomic E-state index is 0.473. The average Bonchev–Trinajstić information content (AvgIpc) is 2.31. The first-order valence-corrected chi connectivity index (χ1v) is 5.38. The van der Waals surface area contributed by atoms with Crippen molar-refractivity contribution in [1.82, 2.24) is 10.3 Å². The lowest BCUT2D eigenvalue weighted by Gasteiger charge is -2.14. The minimum absolute atomic E-state index is 0.473. The van der Waals surface area contributed by atoms with E-state index >= 15 is 0 Å². The van der Waals surface area contributed by atoms with Gasteiger partial charge < -0.3 is 5.32 Å². The fourth-order valence-corrected chi connectivity index (χ4v) is 1.43. The molecule has 0 aromatic carbocycles. The fourth-order valence-electron chi connectivity index (χ4n) is 1.43. The first kappa shape index (κ1) is 11.7. The summed E-state index contributed by atoms with van der Waals surface area (Å²) in [6.07, 6.45) is 4.04. The molecule has 0 bridgehead atoms. The van der Waals surface area contributed by atoms with E-state index in [0.29, 0.717) is 11.7 Å². The monoisotopic (exact) mass is 203 g/mol. The van der Waals surface area contributed by atoms with E-state index < -0.39 is 0 Å². The molecule has 15 heavy (non-hydrogen) atoms. The maximum absolute atomic E-state index is 8.59. The highest BCUT2D eigenvalue weighted by Gasteiger charge is 2.02. The molecule has 0 aliphatic carbocycles. The Labute approximate surface area is 91.1 Å². The van der Waals surface area contributed by atoms with Crippen molar-refractivity contribution in [2.24, 2.45) is 0 Å². The number of hydrogen-bond donors (Lipinski definition) is 1. The number of nitrogens with zero attached hydrogens (tertiary/aromatic N) is 2. The topological polar surface area (TPSA) is 48.7 Å². The SMILES string of the molecule is CCC(CC)NCc1ccc(C#N)nc1. The smallest absolute Gasteiger partial charge is 0.140 e. The molecule has 3 heteroatoms. The number of pyridine rings is 1. The second-order valence-electron chi connectivity index (χ2n) is 3.56. The van der Waals surface area contributed by atoms with Crippen LogP contribution < -0.4 is 5.32 Å². The molecule has 1 N–H and O–H groups in total. The molecule has 1 aromatic rings. The Kier molecular flexibility index (Phi) is 4.79. The van der Waals surface area contributed by atoms with Gasteiger partial charge in [0.1, 0.15) is 11.8 Å². The molecule has 0 amide bonds. The summed E-state index contributed by atoms with van der Waals surface area (Å²) in [4.78, 5) is 4.03. The Morgan fingerprint density at radius 1 is 1.40 bits per heavy atom. The molecule has 0 fully saturated rings. The summed E-state index contributed by atoms with van der Waals surface area (Å²) in [5.74, 6) is 0. The molecular weight excluding hydrogens is 186 g/mol. The number of aromatic nitrogens is 1. The molecule has 3 nitrogen and oxygen atoms in total. The van der Waals surface area contributed by atoms with Crippen molar-refractivity contribution in [3.05, 3.63) is 29.6 Å². The molecule has 0 aliphatic heterocycles. The average molecular weight is 203 g/mol. The Bertz CT molecular complexity index is 320. The van der Waals surface area contributed by atoms with Crippen LogP contribution in [0.3, 0.4) is 0 Å². The van der Waals surface area contributed by atoms with Crippen LogP contribution >= 0.6 is 0 Å². The summed E-state index contributed by atoms with van der Waals surface area (Å²) >= 11 is 0. The molecule has 1 heterocycles. The molecule has 80 valence electrons. The van der Waals surface area contributed by atoms with Crippen LogP contribution in [0.4, 0.5) is 0 Å². The van der Waals surface area contributed by atoms with Crippen molar-refractivity contribution in [1.29, 1.82) is 5.26 Å². The Morgan fingerprint density at radius 2 is 2.13 bits per heavy atom. The van der Waals surface area contributed by atoms with Gasteiger partial charge in [0.25, 0.3) is 0 Å². The van der Waals surface area contributed by atoms with E-state index in [1.54, 1.807) is 12.3 Å². The van der Waals surface area contributed by atoms with Crippen LogP contribution in [0.2, 0.25) is 0 Å². The van der Waals surface area contributed by atoms with Crippen LogP contribution in [0, 0.1) is 11.3 Å². The molecule has 0 aliphatic rings. The standard InChI is InChI=1S/C12H17N3/c1-3-11(4-2)14-8-10-5-6-12(7-13)15-9-10/h5-6,9,11,14H,3-4,8H2,1-2H3. The van der Waals surface area contributed by atoms with Gasteiger partial charge in [-0.05, 0) is 24.5 Å². The number of nitriles is 1. The number of hydrogen-bond acceptors (Lipinski definition) is 3. The third-order valence-electron chi connectivity index (χ3n) is 2.52. The van der Waals surface area contributed by atoms with E-state index in [4.69, 9.17) is 5.26 Å². The zero-order valence-corrected chi connectivity index (χ0v) is 9.33. The predicted octanol–water partition coefficient (Wildman–Crippen LogP) is 2.23. The van der Waals surface area contributed by atoms with Gasteiger partial charge in [0.15, 0.2) is 0 Å². The van der Waals surface area contributed by atoms with Crippen molar-refractivity contribution < 1.29 is 0 Å². The zero-order chi connectivity index (χ0) is 11.1. The first-order valence-electron chi connectivity index (χ1n) is 5.38.